The van der Waals surface area contributed by atoms with Crippen molar-refractivity contribution in [1.82, 2.24) is 4.98 Å². The maximum Gasteiger partial charge on any atom is 0.228 e. The standard InChI is InChI=1S/C21H18N2O4/c24-18-5-6-22-17-10-13(2-3-14(17)18)23-21(25)16-11-15(16)12-1-4-19-20(9-12)27-8-7-26-19/h1-6,9-10,15-16H,7-8,11H2,(H,22,24)(H,23,25). The van der Waals surface area contributed by atoms with E-state index in [0.29, 0.717) is 29.8 Å². The van der Waals surface area contributed by atoms with Crippen molar-refractivity contribution in [3.8, 4) is 11.5 Å². The van der Waals surface area contributed by atoms with Gasteiger partial charge in [-0.25, -0.2) is 0 Å². The first kappa shape index (κ1) is 15.9. The summed E-state index contributed by atoms with van der Waals surface area (Å²) >= 11 is 0. The number of ether oxygens (including phenoxy) is 2. The van der Waals surface area contributed by atoms with Gasteiger partial charge in [-0.2, -0.15) is 0 Å². The summed E-state index contributed by atoms with van der Waals surface area (Å²) in [6.07, 6.45) is 2.42. The average Bonchev–Trinajstić information content (AvgIpc) is 3.49. The Morgan fingerprint density at radius 2 is 1.89 bits per heavy atom. The number of anilines is 1. The van der Waals surface area contributed by atoms with E-state index in [1.54, 1.807) is 24.4 Å². The number of aromatic nitrogens is 1. The summed E-state index contributed by atoms with van der Waals surface area (Å²) in [4.78, 5) is 27.5. The Morgan fingerprint density at radius 1 is 1.04 bits per heavy atom. The number of hydrogen-bond acceptors (Lipinski definition) is 4. The van der Waals surface area contributed by atoms with Crippen molar-refractivity contribution < 1.29 is 14.3 Å². The summed E-state index contributed by atoms with van der Waals surface area (Å²) in [7, 11) is 0. The number of rotatable bonds is 3. The number of aromatic amines is 1. The summed E-state index contributed by atoms with van der Waals surface area (Å²) in [5, 5.41) is 3.57. The number of fused-ring (bicyclic) bond motifs is 2. The molecule has 2 aromatic carbocycles. The third kappa shape index (κ3) is 2.93. The van der Waals surface area contributed by atoms with Gasteiger partial charge in [0.25, 0.3) is 0 Å². The van der Waals surface area contributed by atoms with Crippen LogP contribution < -0.4 is 20.2 Å². The van der Waals surface area contributed by atoms with Gasteiger partial charge >= 0.3 is 0 Å². The molecule has 1 aromatic heterocycles. The zero-order valence-corrected chi connectivity index (χ0v) is 14.5. The van der Waals surface area contributed by atoms with Crippen molar-refractivity contribution in [2.45, 2.75) is 12.3 Å². The molecule has 6 nitrogen and oxygen atoms in total. The third-order valence-corrected chi connectivity index (χ3v) is 5.15. The summed E-state index contributed by atoms with van der Waals surface area (Å²) in [5.74, 6) is 1.65. The normalized spacial score (nSPS) is 20.3. The van der Waals surface area contributed by atoms with Gasteiger partial charge in [0.05, 0.1) is 5.52 Å². The summed E-state index contributed by atoms with van der Waals surface area (Å²) in [6, 6.07) is 12.7. The Morgan fingerprint density at radius 3 is 2.78 bits per heavy atom. The number of carbonyl (C=O) groups excluding carboxylic acids is 1. The number of benzene rings is 2. The molecule has 2 atom stereocenters. The summed E-state index contributed by atoms with van der Waals surface area (Å²) in [5.41, 5.74) is 2.45. The van der Waals surface area contributed by atoms with Crippen LogP contribution in [0, 0.1) is 5.92 Å². The van der Waals surface area contributed by atoms with Crippen molar-refractivity contribution in [3.05, 3.63) is 64.4 Å². The van der Waals surface area contributed by atoms with E-state index in [4.69, 9.17) is 9.47 Å². The van der Waals surface area contributed by atoms with E-state index in [1.807, 2.05) is 18.2 Å². The van der Waals surface area contributed by atoms with Crippen molar-refractivity contribution in [2.24, 2.45) is 5.92 Å². The van der Waals surface area contributed by atoms with Crippen LogP contribution in [0.4, 0.5) is 5.69 Å². The smallest absolute Gasteiger partial charge is 0.228 e. The molecule has 1 amide bonds. The molecule has 1 aliphatic carbocycles. The number of H-pyrrole nitrogens is 1. The quantitative estimate of drug-likeness (QED) is 0.750. The molecule has 0 bridgehead atoms. The van der Waals surface area contributed by atoms with Crippen LogP contribution in [-0.2, 0) is 4.79 Å². The highest BCUT2D eigenvalue weighted by molar-refractivity contribution is 5.97. The second-order valence-electron chi connectivity index (χ2n) is 6.94. The molecule has 5 rings (SSSR count). The van der Waals surface area contributed by atoms with Crippen LogP contribution in [0.15, 0.2) is 53.5 Å². The molecule has 1 saturated carbocycles. The number of amides is 1. The highest BCUT2D eigenvalue weighted by atomic mass is 16.6. The molecule has 2 heterocycles. The molecule has 2 unspecified atom stereocenters. The van der Waals surface area contributed by atoms with Gasteiger partial charge in [0.15, 0.2) is 16.9 Å². The Balaban J connectivity index is 1.31. The molecule has 1 fully saturated rings. The maximum absolute atomic E-state index is 12.6. The molecular weight excluding hydrogens is 344 g/mol. The zero-order chi connectivity index (χ0) is 18.4. The van der Waals surface area contributed by atoms with Crippen LogP contribution >= 0.6 is 0 Å². The summed E-state index contributed by atoms with van der Waals surface area (Å²) < 4.78 is 11.2. The molecular formula is C21H18N2O4. The zero-order valence-electron chi connectivity index (χ0n) is 14.5. The van der Waals surface area contributed by atoms with Crippen LogP contribution in [0.5, 0.6) is 11.5 Å². The molecule has 0 radical (unpaired) electrons. The predicted molar refractivity (Wildman–Crippen MR) is 101 cm³/mol. The van der Waals surface area contributed by atoms with Crippen LogP contribution in [0.1, 0.15) is 17.9 Å². The number of nitrogens with one attached hydrogen (secondary N) is 2. The van der Waals surface area contributed by atoms with E-state index in [-0.39, 0.29) is 23.2 Å². The van der Waals surface area contributed by atoms with Crippen molar-refractivity contribution in [3.63, 3.8) is 0 Å². The third-order valence-electron chi connectivity index (χ3n) is 5.15. The minimum atomic E-state index is -0.0573. The Hall–Kier alpha value is -3.28. The molecule has 0 spiro atoms. The van der Waals surface area contributed by atoms with Gasteiger partial charge in [-0.1, -0.05) is 6.07 Å². The Kier molecular flexibility index (Phi) is 3.63. The Bertz CT molecular complexity index is 1100. The van der Waals surface area contributed by atoms with Gasteiger partial charge in [-0.15, -0.1) is 0 Å². The lowest BCUT2D eigenvalue weighted by Crippen LogP contribution is -2.16. The molecule has 2 aliphatic rings. The molecule has 0 saturated heterocycles. The van der Waals surface area contributed by atoms with Gasteiger partial charge in [0.1, 0.15) is 13.2 Å². The van der Waals surface area contributed by atoms with Crippen LogP contribution in [-0.4, -0.2) is 24.1 Å². The van der Waals surface area contributed by atoms with Crippen molar-refractivity contribution in [2.75, 3.05) is 18.5 Å². The fourth-order valence-corrected chi connectivity index (χ4v) is 3.63. The van der Waals surface area contributed by atoms with Gasteiger partial charge in [-0.3, -0.25) is 9.59 Å². The second-order valence-corrected chi connectivity index (χ2v) is 6.94. The minimum Gasteiger partial charge on any atom is -0.486 e. The average molecular weight is 362 g/mol. The first-order chi connectivity index (χ1) is 13.2. The van der Waals surface area contributed by atoms with Gasteiger partial charge in [0, 0.05) is 29.3 Å². The van der Waals surface area contributed by atoms with Crippen LogP contribution in [0.3, 0.4) is 0 Å². The van der Waals surface area contributed by atoms with Gasteiger partial charge in [0.2, 0.25) is 5.91 Å². The molecule has 1 aliphatic heterocycles. The fourth-order valence-electron chi connectivity index (χ4n) is 3.63. The monoisotopic (exact) mass is 362 g/mol. The lowest BCUT2D eigenvalue weighted by atomic mass is 10.1. The highest BCUT2D eigenvalue weighted by Crippen LogP contribution is 2.49. The molecule has 27 heavy (non-hydrogen) atoms. The van der Waals surface area contributed by atoms with E-state index in [2.05, 4.69) is 10.3 Å². The highest BCUT2D eigenvalue weighted by Gasteiger charge is 2.44. The van der Waals surface area contributed by atoms with Crippen molar-refractivity contribution >= 4 is 22.5 Å². The maximum atomic E-state index is 12.6. The largest absolute Gasteiger partial charge is 0.486 e. The lowest BCUT2D eigenvalue weighted by molar-refractivity contribution is -0.117. The lowest BCUT2D eigenvalue weighted by Gasteiger charge is -2.18. The van der Waals surface area contributed by atoms with E-state index < -0.39 is 0 Å². The molecule has 136 valence electrons. The number of hydrogen-bond donors (Lipinski definition) is 2. The van der Waals surface area contributed by atoms with E-state index in [1.165, 1.54) is 6.07 Å². The van der Waals surface area contributed by atoms with E-state index in [9.17, 15) is 9.59 Å². The van der Waals surface area contributed by atoms with E-state index >= 15 is 0 Å². The van der Waals surface area contributed by atoms with Gasteiger partial charge < -0.3 is 19.8 Å². The van der Waals surface area contributed by atoms with Crippen LogP contribution in [0.2, 0.25) is 0 Å². The summed E-state index contributed by atoms with van der Waals surface area (Å²) in [6.45, 7) is 1.12. The van der Waals surface area contributed by atoms with Crippen molar-refractivity contribution in [1.29, 1.82) is 0 Å². The number of carbonyl (C=O) groups is 1. The SMILES string of the molecule is O=C(Nc1ccc2c(=O)cc[nH]c2c1)C1CC1c1ccc2c(c1)OCCO2. The number of pyridine rings is 1. The first-order valence-electron chi connectivity index (χ1n) is 9.01. The predicted octanol–water partition coefficient (Wildman–Crippen LogP) is 3.04. The van der Waals surface area contributed by atoms with Crippen LogP contribution in [0.25, 0.3) is 10.9 Å². The van der Waals surface area contributed by atoms with Gasteiger partial charge in [-0.05, 0) is 48.2 Å². The second kappa shape index (κ2) is 6.16. The Labute approximate surface area is 155 Å². The van der Waals surface area contributed by atoms with E-state index in [0.717, 1.165) is 23.5 Å². The fraction of sp³-hybridized carbons (Fsp3) is 0.238. The molecule has 3 aromatic rings. The first-order valence-corrected chi connectivity index (χ1v) is 9.01. The topological polar surface area (TPSA) is 80.4 Å². The molecule has 2 N–H and O–H groups in total. The molecule has 6 heteroatoms. The minimum absolute atomic E-state index is 0.00693.